The van der Waals surface area contributed by atoms with Crippen LogP contribution in [0.3, 0.4) is 0 Å². The van der Waals surface area contributed by atoms with Gasteiger partial charge in [0.05, 0.1) is 11.4 Å². The van der Waals surface area contributed by atoms with Gasteiger partial charge in [-0.3, -0.25) is 9.79 Å². The summed E-state index contributed by atoms with van der Waals surface area (Å²) in [6.45, 7) is 7.98. The summed E-state index contributed by atoms with van der Waals surface area (Å²) < 4.78 is 10.9. The number of ether oxygens (including phenoxy) is 2. The molecule has 0 aliphatic carbocycles. The van der Waals surface area contributed by atoms with Crippen molar-refractivity contribution in [3.63, 3.8) is 0 Å². The maximum absolute atomic E-state index is 13.3. The Kier molecular flexibility index (Phi) is 4.30. The molecule has 0 radical (unpaired) electrons. The van der Waals surface area contributed by atoms with Gasteiger partial charge in [-0.2, -0.15) is 0 Å². The maximum atomic E-state index is 13.3. The number of likely N-dealkylation sites (tertiary alicyclic amines) is 1. The number of carbonyl (C=O) groups excluding carboxylic acids is 1. The molecule has 0 aromatic heterocycles. The van der Waals surface area contributed by atoms with E-state index in [1.807, 2.05) is 17.9 Å². The van der Waals surface area contributed by atoms with Gasteiger partial charge in [0.1, 0.15) is 0 Å². The largest absolute Gasteiger partial charge is 0.454 e. The number of hydrogen-bond donors (Lipinski definition) is 0. The normalized spacial score (nSPS) is 26.0. The predicted molar refractivity (Wildman–Crippen MR) is 109 cm³/mol. The molecule has 1 atom stereocenters. The van der Waals surface area contributed by atoms with E-state index in [4.69, 9.17) is 9.47 Å². The Morgan fingerprint density at radius 2 is 2.14 bits per heavy atom. The lowest BCUT2D eigenvalue weighted by Crippen LogP contribution is -2.46. The molecule has 7 heteroatoms. The van der Waals surface area contributed by atoms with E-state index in [9.17, 15) is 4.79 Å². The Morgan fingerprint density at radius 3 is 3.00 bits per heavy atom. The topological polar surface area (TPSA) is 54.4 Å². The zero-order chi connectivity index (χ0) is 19.3. The lowest BCUT2D eigenvalue weighted by atomic mass is 9.77. The van der Waals surface area contributed by atoms with Crippen molar-refractivity contribution in [1.29, 1.82) is 0 Å². The number of piperidine rings is 1. The maximum Gasteiger partial charge on any atom is 0.262 e. The Morgan fingerprint density at radius 1 is 1.29 bits per heavy atom. The standard InChI is InChI=1S/C21H25N3O3S/c1-14-18(28-20-22-7-9-24(14)20)19(25)23-8-3-6-21(2,12-23)11-15-4-5-16-17(10-15)27-13-26-16/h4-5,10H,3,6-9,11-13H2,1-2H3. The van der Waals surface area contributed by atoms with Gasteiger partial charge in [0, 0.05) is 25.3 Å². The highest BCUT2D eigenvalue weighted by atomic mass is 32.2. The first-order valence-corrected chi connectivity index (χ1v) is 10.7. The number of amidine groups is 1. The second kappa shape index (κ2) is 6.72. The molecule has 1 aromatic carbocycles. The van der Waals surface area contributed by atoms with Gasteiger partial charge in [0.2, 0.25) is 6.79 Å². The number of nitrogens with zero attached hydrogens (tertiary/aromatic N) is 3. The molecule has 1 saturated heterocycles. The highest BCUT2D eigenvalue weighted by Gasteiger charge is 2.39. The summed E-state index contributed by atoms with van der Waals surface area (Å²) in [5, 5.41) is 0.987. The van der Waals surface area contributed by atoms with Crippen LogP contribution in [0.1, 0.15) is 32.3 Å². The lowest BCUT2D eigenvalue weighted by molar-refractivity contribution is -0.129. The molecule has 4 heterocycles. The van der Waals surface area contributed by atoms with Gasteiger partial charge in [-0.1, -0.05) is 13.0 Å². The van der Waals surface area contributed by atoms with E-state index in [-0.39, 0.29) is 11.3 Å². The Hall–Kier alpha value is -2.15. The van der Waals surface area contributed by atoms with Crippen molar-refractivity contribution >= 4 is 22.8 Å². The van der Waals surface area contributed by atoms with Crippen molar-refractivity contribution in [2.45, 2.75) is 33.1 Å². The van der Waals surface area contributed by atoms with Crippen LogP contribution < -0.4 is 9.47 Å². The van der Waals surface area contributed by atoms with Crippen LogP contribution in [0.15, 0.2) is 33.8 Å². The van der Waals surface area contributed by atoms with Crippen LogP contribution >= 0.6 is 11.8 Å². The summed E-state index contributed by atoms with van der Waals surface area (Å²) in [7, 11) is 0. The zero-order valence-corrected chi connectivity index (χ0v) is 17.2. The molecule has 5 rings (SSSR count). The van der Waals surface area contributed by atoms with E-state index in [0.717, 1.165) is 72.7 Å². The Bertz CT molecular complexity index is 897. The molecule has 1 fully saturated rings. The second-order valence-corrected chi connectivity index (χ2v) is 9.32. The number of allylic oxidation sites excluding steroid dienone is 1. The lowest BCUT2D eigenvalue weighted by Gasteiger charge is -2.41. The molecule has 0 spiro atoms. The van der Waals surface area contributed by atoms with Crippen molar-refractivity contribution in [1.82, 2.24) is 9.80 Å². The Labute approximate surface area is 169 Å². The third kappa shape index (κ3) is 3.05. The van der Waals surface area contributed by atoms with Gasteiger partial charge in [-0.05, 0) is 61.1 Å². The number of aliphatic imine (C=N–C) groups is 1. The molecular weight excluding hydrogens is 374 g/mol. The summed E-state index contributed by atoms with van der Waals surface area (Å²) in [5.74, 6) is 1.81. The minimum Gasteiger partial charge on any atom is -0.454 e. The third-order valence-electron chi connectivity index (χ3n) is 6.06. The second-order valence-electron chi connectivity index (χ2n) is 8.34. The summed E-state index contributed by atoms with van der Waals surface area (Å²) in [6.07, 6.45) is 3.08. The minimum absolute atomic E-state index is 0.0625. The monoisotopic (exact) mass is 399 g/mol. The summed E-state index contributed by atoms with van der Waals surface area (Å²) in [4.78, 5) is 22.8. The molecule has 6 nitrogen and oxygen atoms in total. The molecule has 1 aromatic rings. The van der Waals surface area contributed by atoms with Crippen LogP contribution in [0, 0.1) is 5.41 Å². The summed E-state index contributed by atoms with van der Waals surface area (Å²) >= 11 is 1.54. The van der Waals surface area contributed by atoms with E-state index >= 15 is 0 Å². The molecule has 1 amide bonds. The van der Waals surface area contributed by atoms with Crippen LogP contribution in [-0.2, 0) is 11.2 Å². The van der Waals surface area contributed by atoms with Crippen LogP contribution in [0.5, 0.6) is 11.5 Å². The molecule has 1 unspecified atom stereocenters. The molecule has 4 aliphatic heterocycles. The average molecular weight is 400 g/mol. The van der Waals surface area contributed by atoms with E-state index in [1.54, 1.807) is 11.8 Å². The van der Waals surface area contributed by atoms with E-state index < -0.39 is 0 Å². The van der Waals surface area contributed by atoms with Crippen molar-refractivity contribution < 1.29 is 14.3 Å². The number of fused-ring (bicyclic) bond motifs is 2. The molecular formula is C21H25N3O3S. The molecule has 0 saturated carbocycles. The van der Waals surface area contributed by atoms with E-state index in [0.29, 0.717) is 6.79 Å². The zero-order valence-electron chi connectivity index (χ0n) is 16.4. The van der Waals surface area contributed by atoms with E-state index in [2.05, 4.69) is 28.9 Å². The first-order chi connectivity index (χ1) is 13.5. The summed E-state index contributed by atoms with van der Waals surface area (Å²) in [6, 6.07) is 6.19. The molecule has 28 heavy (non-hydrogen) atoms. The number of amides is 1. The number of rotatable bonds is 3. The predicted octanol–water partition coefficient (Wildman–Crippen LogP) is 3.24. The fourth-order valence-corrected chi connectivity index (χ4v) is 5.78. The van der Waals surface area contributed by atoms with Crippen molar-refractivity contribution in [2.24, 2.45) is 10.4 Å². The fraction of sp³-hybridized carbons (Fsp3) is 0.524. The highest BCUT2D eigenvalue weighted by molar-refractivity contribution is 8.18. The van der Waals surface area contributed by atoms with Crippen LogP contribution in [0.2, 0.25) is 0 Å². The molecule has 148 valence electrons. The first kappa shape index (κ1) is 17.9. The number of benzene rings is 1. The van der Waals surface area contributed by atoms with Gasteiger partial charge in [0.25, 0.3) is 5.91 Å². The number of carbonyl (C=O) groups is 1. The quantitative estimate of drug-likeness (QED) is 0.781. The molecule has 0 bridgehead atoms. The minimum atomic E-state index is 0.0625. The van der Waals surface area contributed by atoms with Gasteiger partial charge in [-0.15, -0.1) is 0 Å². The van der Waals surface area contributed by atoms with Crippen molar-refractivity contribution in [3.05, 3.63) is 34.4 Å². The third-order valence-corrected chi connectivity index (χ3v) is 7.26. The van der Waals surface area contributed by atoms with Crippen LogP contribution in [0.4, 0.5) is 0 Å². The summed E-state index contributed by atoms with van der Waals surface area (Å²) in [5.41, 5.74) is 2.36. The van der Waals surface area contributed by atoms with Gasteiger partial charge in [0.15, 0.2) is 16.7 Å². The van der Waals surface area contributed by atoms with Gasteiger partial charge < -0.3 is 19.3 Å². The van der Waals surface area contributed by atoms with Gasteiger partial charge in [-0.25, -0.2) is 0 Å². The van der Waals surface area contributed by atoms with Crippen molar-refractivity contribution in [3.8, 4) is 11.5 Å². The fourth-order valence-electron chi connectivity index (χ4n) is 4.63. The SMILES string of the molecule is CC1=C(C(=O)N2CCCC(C)(Cc3ccc4c(c3)OCO4)C2)SC2=NCCN21. The van der Waals surface area contributed by atoms with E-state index in [1.165, 1.54) is 5.56 Å². The smallest absolute Gasteiger partial charge is 0.262 e. The highest BCUT2D eigenvalue weighted by Crippen LogP contribution is 2.41. The molecule has 0 N–H and O–H groups in total. The molecule has 4 aliphatic rings. The first-order valence-electron chi connectivity index (χ1n) is 9.91. The average Bonchev–Trinajstić information content (AvgIpc) is 3.38. The van der Waals surface area contributed by atoms with Crippen LogP contribution in [-0.4, -0.2) is 53.8 Å². The van der Waals surface area contributed by atoms with Crippen molar-refractivity contribution in [2.75, 3.05) is 33.0 Å². The number of thioether (sulfide) groups is 1. The number of hydrogen-bond acceptors (Lipinski definition) is 6. The van der Waals surface area contributed by atoms with Gasteiger partial charge >= 0.3 is 0 Å². The Balaban J connectivity index is 1.31. The van der Waals surface area contributed by atoms with Crippen LogP contribution in [0.25, 0.3) is 0 Å².